The summed E-state index contributed by atoms with van der Waals surface area (Å²) in [5.41, 5.74) is 2.37. The summed E-state index contributed by atoms with van der Waals surface area (Å²) < 4.78 is 5.33. The fourth-order valence-corrected chi connectivity index (χ4v) is 4.25. The minimum atomic E-state index is -0.468. The Morgan fingerprint density at radius 3 is 2.17 bits per heavy atom. The van der Waals surface area contributed by atoms with Crippen LogP contribution in [0.4, 0.5) is 38.3 Å². The van der Waals surface area contributed by atoms with Crippen molar-refractivity contribution in [2.24, 2.45) is 10.2 Å². The first-order chi connectivity index (χ1) is 22.1. The molecule has 3 aromatic rings. The number of amides is 3. The lowest BCUT2D eigenvalue weighted by Gasteiger charge is -2.23. The van der Waals surface area contributed by atoms with Gasteiger partial charge in [-0.05, 0) is 62.1 Å². The largest absolute Gasteiger partial charge is 0.448 e. The Hall–Kier alpha value is -5.34. The standard InChI is InChI=1S/C31H41N9O6/c1-4-39(25-13-9-23(10-14-25)37-38-24-11-15-26(16-12-24)40(44)45)19-20-46-31(43)33-18-8-6-5-7-17-32-30(42)36-29-34-27(22(2)3)21-28(41)35-29/h9-16,21-22H,4-8,17-20H2,1-3H3,(H,33,43)(H3,32,34,35,36,41,42)/b38-37+. The molecule has 3 amide bonds. The number of alkyl carbamates (subject to hydrolysis) is 1. The molecule has 1 heterocycles. The van der Waals surface area contributed by atoms with E-state index in [1.165, 1.54) is 30.3 Å². The summed E-state index contributed by atoms with van der Waals surface area (Å²) in [6.45, 7) is 8.29. The molecule has 0 spiro atoms. The van der Waals surface area contributed by atoms with E-state index in [4.69, 9.17) is 4.74 Å². The minimum Gasteiger partial charge on any atom is -0.448 e. The molecule has 2 aromatic carbocycles. The number of nitro groups is 1. The smallest absolute Gasteiger partial charge is 0.407 e. The van der Waals surface area contributed by atoms with Crippen molar-refractivity contribution in [1.29, 1.82) is 0 Å². The third kappa shape index (κ3) is 12.3. The van der Waals surface area contributed by atoms with Gasteiger partial charge in [-0.15, -0.1) is 0 Å². The average molecular weight is 636 g/mol. The van der Waals surface area contributed by atoms with E-state index in [1.807, 2.05) is 45.0 Å². The second-order valence-corrected chi connectivity index (χ2v) is 10.6. The fraction of sp³-hybridized carbons (Fsp3) is 0.419. The number of non-ortho nitro benzene ring substituents is 1. The van der Waals surface area contributed by atoms with E-state index in [0.29, 0.717) is 43.2 Å². The van der Waals surface area contributed by atoms with Gasteiger partial charge in [-0.3, -0.25) is 20.2 Å². The Kier molecular flexibility index (Phi) is 14.1. The van der Waals surface area contributed by atoms with E-state index in [9.17, 15) is 24.5 Å². The van der Waals surface area contributed by atoms with Crippen LogP contribution in [0.15, 0.2) is 69.6 Å². The molecule has 0 unspecified atom stereocenters. The molecule has 1 aromatic heterocycles. The van der Waals surface area contributed by atoms with Crippen LogP contribution in [0, 0.1) is 10.1 Å². The molecule has 3 rings (SSSR count). The highest BCUT2D eigenvalue weighted by Gasteiger charge is 2.09. The van der Waals surface area contributed by atoms with E-state index < -0.39 is 22.6 Å². The van der Waals surface area contributed by atoms with E-state index in [2.05, 4.69) is 41.0 Å². The molecular formula is C31H41N9O6. The van der Waals surface area contributed by atoms with Gasteiger partial charge in [0, 0.05) is 49.2 Å². The van der Waals surface area contributed by atoms with Crippen LogP contribution in [-0.4, -0.2) is 59.8 Å². The monoisotopic (exact) mass is 635 g/mol. The van der Waals surface area contributed by atoms with Crippen molar-refractivity contribution in [3.05, 3.63) is 80.8 Å². The quantitative estimate of drug-likeness (QED) is 0.0586. The molecule has 0 saturated heterocycles. The second-order valence-electron chi connectivity index (χ2n) is 10.6. The van der Waals surface area contributed by atoms with E-state index in [1.54, 1.807) is 0 Å². The number of nitrogens with one attached hydrogen (secondary N) is 4. The number of rotatable bonds is 17. The molecular weight excluding hydrogens is 594 g/mol. The Labute approximate surface area is 267 Å². The number of H-pyrrole nitrogens is 1. The number of carbonyl (C=O) groups is 2. The number of hydrogen-bond acceptors (Lipinski definition) is 10. The molecule has 0 fully saturated rings. The summed E-state index contributed by atoms with van der Waals surface area (Å²) >= 11 is 0. The number of benzene rings is 2. The Morgan fingerprint density at radius 2 is 1.59 bits per heavy atom. The second kappa shape index (κ2) is 18.5. The van der Waals surface area contributed by atoms with Crippen LogP contribution in [0.25, 0.3) is 0 Å². The number of aromatic amines is 1. The molecule has 46 heavy (non-hydrogen) atoms. The number of aromatic nitrogens is 2. The minimum absolute atomic E-state index is 0.00528. The first-order valence-corrected chi connectivity index (χ1v) is 15.2. The first-order valence-electron chi connectivity index (χ1n) is 15.2. The maximum absolute atomic E-state index is 12.1. The zero-order valence-corrected chi connectivity index (χ0v) is 26.3. The third-order valence-corrected chi connectivity index (χ3v) is 6.81. The van der Waals surface area contributed by atoms with Gasteiger partial charge in [-0.1, -0.05) is 26.7 Å². The molecule has 0 bridgehead atoms. The number of carbonyl (C=O) groups excluding carboxylic acids is 2. The molecule has 246 valence electrons. The van der Waals surface area contributed by atoms with Crippen molar-refractivity contribution < 1.29 is 19.2 Å². The zero-order chi connectivity index (χ0) is 33.3. The summed E-state index contributed by atoms with van der Waals surface area (Å²) in [7, 11) is 0. The maximum atomic E-state index is 12.1. The molecule has 0 aliphatic heterocycles. The van der Waals surface area contributed by atoms with Crippen LogP contribution < -0.4 is 26.4 Å². The lowest BCUT2D eigenvalue weighted by Crippen LogP contribution is -2.31. The Balaban J connectivity index is 1.25. The number of likely N-dealkylation sites (N-methyl/N-ethyl adjacent to an activating group) is 1. The summed E-state index contributed by atoms with van der Waals surface area (Å²) in [6, 6.07) is 14.2. The van der Waals surface area contributed by atoms with Gasteiger partial charge in [0.1, 0.15) is 6.61 Å². The number of azo groups is 1. The van der Waals surface area contributed by atoms with Crippen molar-refractivity contribution in [3.63, 3.8) is 0 Å². The molecule has 15 heteroatoms. The molecule has 0 saturated carbocycles. The lowest BCUT2D eigenvalue weighted by molar-refractivity contribution is -0.384. The first kappa shape index (κ1) is 35.1. The van der Waals surface area contributed by atoms with Crippen LogP contribution in [0.1, 0.15) is 58.1 Å². The van der Waals surface area contributed by atoms with Gasteiger partial charge in [-0.2, -0.15) is 15.2 Å². The van der Waals surface area contributed by atoms with Gasteiger partial charge in [0.15, 0.2) is 0 Å². The molecule has 0 radical (unpaired) electrons. The lowest BCUT2D eigenvalue weighted by atomic mass is 10.1. The molecule has 0 aliphatic carbocycles. The van der Waals surface area contributed by atoms with Gasteiger partial charge in [0.25, 0.3) is 11.2 Å². The number of hydrogen-bond donors (Lipinski definition) is 4. The van der Waals surface area contributed by atoms with E-state index in [0.717, 1.165) is 31.4 Å². The summed E-state index contributed by atoms with van der Waals surface area (Å²) in [6.07, 6.45) is 2.83. The van der Waals surface area contributed by atoms with Gasteiger partial charge in [0.05, 0.1) is 22.8 Å². The number of urea groups is 1. The topological polar surface area (TPSA) is 196 Å². The van der Waals surface area contributed by atoms with Crippen LogP contribution in [0.5, 0.6) is 0 Å². The number of unbranched alkanes of at least 4 members (excludes halogenated alkanes) is 3. The zero-order valence-electron chi connectivity index (χ0n) is 26.3. The maximum Gasteiger partial charge on any atom is 0.407 e. The SMILES string of the molecule is CCN(CCOC(=O)NCCCCCCNC(=O)Nc1nc(=O)cc(C(C)C)[nH]1)c1ccc(/N=N/c2ccc([N+](=O)[O-])cc2)cc1. The van der Waals surface area contributed by atoms with E-state index in [-0.39, 0.29) is 24.2 Å². The highest BCUT2D eigenvalue weighted by atomic mass is 16.6. The van der Waals surface area contributed by atoms with Crippen molar-refractivity contribution in [3.8, 4) is 0 Å². The predicted molar refractivity (Wildman–Crippen MR) is 175 cm³/mol. The third-order valence-electron chi connectivity index (χ3n) is 6.81. The fourth-order valence-electron chi connectivity index (χ4n) is 4.25. The highest BCUT2D eigenvalue weighted by molar-refractivity contribution is 5.87. The number of anilines is 2. The van der Waals surface area contributed by atoms with Crippen LogP contribution in [0.2, 0.25) is 0 Å². The molecule has 0 atom stereocenters. The summed E-state index contributed by atoms with van der Waals surface area (Å²) in [4.78, 5) is 54.9. The van der Waals surface area contributed by atoms with Crippen LogP contribution in [0.3, 0.4) is 0 Å². The van der Waals surface area contributed by atoms with Crippen molar-refractivity contribution in [2.45, 2.75) is 52.4 Å². The Morgan fingerprint density at radius 1 is 0.978 bits per heavy atom. The van der Waals surface area contributed by atoms with Crippen LogP contribution in [-0.2, 0) is 4.74 Å². The average Bonchev–Trinajstić information content (AvgIpc) is 3.03. The van der Waals surface area contributed by atoms with Crippen molar-refractivity contribution in [1.82, 2.24) is 20.6 Å². The summed E-state index contributed by atoms with van der Waals surface area (Å²) in [5.74, 6) is 0.217. The highest BCUT2D eigenvalue weighted by Crippen LogP contribution is 2.23. The van der Waals surface area contributed by atoms with Crippen molar-refractivity contribution in [2.75, 3.05) is 43.0 Å². The summed E-state index contributed by atoms with van der Waals surface area (Å²) in [5, 5.41) is 27.1. The Bertz CT molecular complexity index is 1510. The van der Waals surface area contributed by atoms with Crippen molar-refractivity contribution >= 4 is 40.8 Å². The number of nitro benzene ring substituents is 1. The normalized spacial score (nSPS) is 11.0. The van der Waals surface area contributed by atoms with Gasteiger partial charge in [-0.25, -0.2) is 9.59 Å². The van der Waals surface area contributed by atoms with E-state index >= 15 is 0 Å². The van der Waals surface area contributed by atoms with Gasteiger partial charge < -0.3 is 25.3 Å². The molecule has 15 nitrogen and oxygen atoms in total. The molecule has 0 aliphatic rings. The van der Waals surface area contributed by atoms with Gasteiger partial charge in [0.2, 0.25) is 5.95 Å². The molecule has 4 N–H and O–H groups in total. The van der Waals surface area contributed by atoms with Gasteiger partial charge >= 0.3 is 12.1 Å². The van der Waals surface area contributed by atoms with Crippen LogP contribution >= 0.6 is 0 Å². The predicted octanol–water partition coefficient (Wildman–Crippen LogP) is 6.15. The number of nitrogens with zero attached hydrogens (tertiary/aromatic N) is 5. The number of ether oxygens (including phenoxy) is 1.